The molecule has 31 heavy (non-hydrogen) atoms. The van der Waals surface area contributed by atoms with Crippen LogP contribution >= 0.6 is 0 Å². The van der Waals surface area contributed by atoms with Gasteiger partial charge in [0.15, 0.2) is 0 Å². The monoisotopic (exact) mass is 424 g/mol. The number of esters is 1. The van der Waals surface area contributed by atoms with Crippen molar-refractivity contribution in [2.45, 2.75) is 70.8 Å². The minimum absolute atomic E-state index is 0.0884. The lowest BCUT2D eigenvalue weighted by Crippen LogP contribution is -2.34. The molecule has 2 aromatic rings. The molecule has 4 heteroatoms. The molecule has 0 atom stereocenters. The summed E-state index contributed by atoms with van der Waals surface area (Å²) in [4.78, 5) is 12.3. The van der Waals surface area contributed by atoms with E-state index in [0.29, 0.717) is 38.9 Å². The van der Waals surface area contributed by atoms with Gasteiger partial charge in [0.05, 0.1) is 24.7 Å². The Hall–Kier alpha value is -2.33. The van der Waals surface area contributed by atoms with Crippen LogP contribution in [0.3, 0.4) is 0 Å². The van der Waals surface area contributed by atoms with Gasteiger partial charge in [0.2, 0.25) is 0 Å². The molecule has 0 bridgehead atoms. The van der Waals surface area contributed by atoms with Gasteiger partial charge in [-0.15, -0.1) is 0 Å². The molecule has 0 aromatic heterocycles. The summed E-state index contributed by atoms with van der Waals surface area (Å²) in [6.07, 6.45) is 6.94. The second-order valence-electron chi connectivity index (χ2n) is 8.57. The molecule has 0 aliphatic heterocycles. The van der Waals surface area contributed by atoms with Gasteiger partial charge >= 0.3 is 5.97 Å². The maximum atomic E-state index is 12.3. The number of carbonyl (C=O) groups is 1. The Bertz CT molecular complexity index is 802. The van der Waals surface area contributed by atoms with E-state index in [0.717, 1.165) is 35.3 Å². The molecule has 1 fully saturated rings. The SMILES string of the molecule is CCCCCCOC(=O)C1CCC(O)(c2ccc(-c3ccc(OCC)cc3)cc2)CC1. The van der Waals surface area contributed by atoms with Gasteiger partial charge in [-0.25, -0.2) is 0 Å². The Kier molecular flexibility index (Phi) is 8.53. The molecule has 168 valence electrons. The van der Waals surface area contributed by atoms with Crippen LogP contribution in [0.25, 0.3) is 11.1 Å². The number of aliphatic hydroxyl groups is 1. The number of rotatable bonds is 10. The van der Waals surface area contributed by atoms with Gasteiger partial charge in [-0.1, -0.05) is 62.6 Å². The topological polar surface area (TPSA) is 55.8 Å². The molecule has 1 N–H and O–H groups in total. The minimum Gasteiger partial charge on any atom is -0.494 e. The number of carbonyl (C=O) groups excluding carboxylic acids is 1. The van der Waals surface area contributed by atoms with E-state index in [-0.39, 0.29) is 11.9 Å². The highest BCUT2D eigenvalue weighted by molar-refractivity contribution is 5.72. The summed E-state index contributed by atoms with van der Waals surface area (Å²) in [6, 6.07) is 16.2. The highest BCUT2D eigenvalue weighted by atomic mass is 16.5. The predicted octanol–water partition coefficient (Wildman–Crippen LogP) is 6.25. The fourth-order valence-corrected chi connectivity index (χ4v) is 4.32. The fourth-order valence-electron chi connectivity index (χ4n) is 4.32. The Morgan fingerprint density at radius 2 is 1.55 bits per heavy atom. The third kappa shape index (κ3) is 6.33. The van der Waals surface area contributed by atoms with Crippen molar-refractivity contribution in [3.63, 3.8) is 0 Å². The second kappa shape index (κ2) is 11.3. The third-order valence-electron chi connectivity index (χ3n) is 6.31. The van der Waals surface area contributed by atoms with Gasteiger partial charge in [0, 0.05) is 0 Å². The Morgan fingerprint density at radius 3 is 2.13 bits per heavy atom. The Morgan fingerprint density at radius 1 is 0.935 bits per heavy atom. The molecule has 0 unspecified atom stereocenters. The molecule has 0 saturated heterocycles. The summed E-state index contributed by atoms with van der Waals surface area (Å²) < 4.78 is 11.0. The first kappa shape index (κ1) is 23.3. The third-order valence-corrected chi connectivity index (χ3v) is 6.31. The van der Waals surface area contributed by atoms with Gasteiger partial charge in [0.25, 0.3) is 0 Å². The standard InChI is InChI=1S/C27H36O4/c1-3-5-6-7-20-31-26(28)23-16-18-27(29,19-17-23)24-12-8-21(9-13-24)22-10-14-25(15-11-22)30-4-2/h8-15,23,29H,3-7,16-20H2,1-2H3. The van der Waals surface area contributed by atoms with Crippen LogP contribution < -0.4 is 4.74 Å². The van der Waals surface area contributed by atoms with Crippen LogP contribution in [0.5, 0.6) is 5.75 Å². The van der Waals surface area contributed by atoms with Crippen molar-refractivity contribution < 1.29 is 19.4 Å². The highest BCUT2D eigenvalue weighted by Crippen LogP contribution is 2.40. The van der Waals surface area contributed by atoms with E-state index in [4.69, 9.17) is 9.47 Å². The number of hydrogen-bond donors (Lipinski definition) is 1. The molecular weight excluding hydrogens is 388 g/mol. The van der Waals surface area contributed by atoms with Crippen LogP contribution in [-0.4, -0.2) is 24.3 Å². The molecule has 0 heterocycles. The lowest BCUT2D eigenvalue weighted by Gasteiger charge is -2.35. The van der Waals surface area contributed by atoms with E-state index < -0.39 is 5.60 Å². The predicted molar refractivity (Wildman–Crippen MR) is 124 cm³/mol. The normalized spacial score (nSPS) is 20.9. The van der Waals surface area contributed by atoms with Crippen LogP contribution in [-0.2, 0) is 15.1 Å². The first-order valence-corrected chi connectivity index (χ1v) is 11.8. The van der Waals surface area contributed by atoms with Crippen LogP contribution in [0.2, 0.25) is 0 Å². The van der Waals surface area contributed by atoms with Crippen LogP contribution in [0.15, 0.2) is 48.5 Å². The molecule has 2 aromatic carbocycles. The van der Waals surface area contributed by atoms with E-state index >= 15 is 0 Å². The van der Waals surface area contributed by atoms with Gasteiger partial charge in [-0.3, -0.25) is 4.79 Å². The van der Waals surface area contributed by atoms with E-state index in [1.165, 1.54) is 12.8 Å². The summed E-state index contributed by atoms with van der Waals surface area (Å²) in [5.74, 6) is 0.687. The molecular formula is C27H36O4. The summed E-state index contributed by atoms with van der Waals surface area (Å²) in [7, 11) is 0. The second-order valence-corrected chi connectivity index (χ2v) is 8.57. The van der Waals surface area contributed by atoms with Crippen molar-refractivity contribution >= 4 is 5.97 Å². The van der Waals surface area contributed by atoms with E-state index in [9.17, 15) is 9.90 Å². The number of hydrogen-bond acceptors (Lipinski definition) is 4. The van der Waals surface area contributed by atoms with Crippen molar-refractivity contribution in [2.24, 2.45) is 5.92 Å². The summed E-state index contributed by atoms with van der Waals surface area (Å²) >= 11 is 0. The Balaban J connectivity index is 1.53. The first-order chi connectivity index (χ1) is 15.1. The van der Waals surface area contributed by atoms with E-state index in [1.54, 1.807) is 0 Å². The maximum Gasteiger partial charge on any atom is 0.308 e. The van der Waals surface area contributed by atoms with Crippen molar-refractivity contribution in [1.29, 1.82) is 0 Å². The first-order valence-electron chi connectivity index (χ1n) is 11.8. The van der Waals surface area contributed by atoms with E-state index in [1.807, 2.05) is 43.3 Å². The lowest BCUT2D eigenvalue weighted by atomic mass is 9.75. The fraction of sp³-hybridized carbons (Fsp3) is 0.519. The average Bonchev–Trinajstić information content (AvgIpc) is 2.80. The Labute approximate surface area is 186 Å². The number of ether oxygens (including phenoxy) is 2. The van der Waals surface area contributed by atoms with Crippen LogP contribution in [0.1, 0.15) is 70.8 Å². The zero-order valence-corrected chi connectivity index (χ0v) is 18.9. The van der Waals surface area contributed by atoms with Crippen molar-refractivity contribution in [3.8, 4) is 16.9 Å². The molecule has 1 aliphatic rings. The molecule has 0 radical (unpaired) electrons. The highest BCUT2D eigenvalue weighted by Gasteiger charge is 2.37. The van der Waals surface area contributed by atoms with Crippen LogP contribution in [0.4, 0.5) is 0 Å². The molecule has 1 saturated carbocycles. The lowest BCUT2D eigenvalue weighted by molar-refractivity contribution is -0.152. The zero-order valence-electron chi connectivity index (χ0n) is 18.9. The smallest absolute Gasteiger partial charge is 0.308 e. The number of benzene rings is 2. The number of unbranched alkanes of at least 4 members (excludes halogenated alkanes) is 3. The molecule has 1 aliphatic carbocycles. The average molecular weight is 425 g/mol. The van der Waals surface area contributed by atoms with Gasteiger partial charge in [0.1, 0.15) is 5.75 Å². The molecule has 3 rings (SSSR count). The summed E-state index contributed by atoms with van der Waals surface area (Å²) in [5, 5.41) is 11.2. The molecule has 4 nitrogen and oxygen atoms in total. The van der Waals surface area contributed by atoms with Gasteiger partial charge in [-0.05, 0) is 67.9 Å². The molecule has 0 amide bonds. The quantitative estimate of drug-likeness (QED) is 0.362. The van der Waals surface area contributed by atoms with Crippen LogP contribution in [0, 0.1) is 5.92 Å². The van der Waals surface area contributed by atoms with Gasteiger partial charge in [-0.2, -0.15) is 0 Å². The summed E-state index contributed by atoms with van der Waals surface area (Å²) in [6.45, 7) is 5.32. The minimum atomic E-state index is -0.866. The molecule has 0 spiro atoms. The van der Waals surface area contributed by atoms with E-state index in [2.05, 4.69) is 19.1 Å². The van der Waals surface area contributed by atoms with Crippen molar-refractivity contribution in [1.82, 2.24) is 0 Å². The van der Waals surface area contributed by atoms with Crippen molar-refractivity contribution in [2.75, 3.05) is 13.2 Å². The zero-order chi connectivity index (χ0) is 22.1. The van der Waals surface area contributed by atoms with Crippen molar-refractivity contribution in [3.05, 3.63) is 54.1 Å². The largest absolute Gasteiger partial charge is 0.494 e. The summed E-state index contributed by atoms with van der Waals surface area (Å²) in [5.41, 5.74) is 2.28. The maximum absolute atomic E-state index is 12.3. The van der Waals surface area contributed by atoms with Gasteiger partial charge < -0.3 is 14.6 Å².